The Morgan fingerprint density at radius 3 is 1.05 bits per heavy atom. The molecule has 0 amide bonds. The van der Waals surface area contributed by atoms with Crippen molar-refractivity contribution in [3.63, 3.8) is 0 Å². The zero-order valence-electron chi connectivity index (χ0n) is 23.9. The van der Waals surface area contributed by atoms with E-state index in [0.717, 1.165) is 24.3 Å². The van der Waals surface area contributed by atoms with Crippen LogP contribution < -0.4 is 10.9 Å². The molecule has 4 rings (SSSR count). The number of aryl methyl sites for hydroxylation is 2. The first-order valence-electron chi connectivity index (χ1n) is 13.2. The van der Waals surface area contributed by atoms with Crippen LogP contribution in [-0.2, 0) is 43.8 Å². The molecule has 0 aliphatic carbocycles. The first-order valence-corrected chi connectivity index (χ1v) is 13.2. The summed E-state index contributed by atoms with van der Waals surface area (Å²) >= 11 is 0. The second-order valence-corrected chi connectivity index (χ2v) is 12.5. The van der Waals surface area contributed by atoms with E-state index in [1.165, 1.54) is 12.1 Å². The maximum Gasteiger partial charge on any atom is 0.495 e. The van der Waals surface area contributed by atoms with Crippen molar-refractivity contribution >= 4 is 25.2 Å². The van der Waals surface area contributed by atoms with Crippen LogP contribution in [0.2, 0.25) is 0 Å². The maximum absolute atomic E-state index is 13.7. The van der Waals surface area contributed by atoms with Gasteiger partial charge in [0, 0.05) is 0 Å². The van der Waals surface area contributed by atoms with Gasteiger partial charge in [-0.15, -0.1) is 0 Å². The Kier molecular flexibility index (Phi) is 7.56. The van der Waals surface area contributed by atoms with Gasteiger partial charge in [-0.1, -0.05) is 24.3 Å². The lowest BCUT2D eigenvalue weighted by Crippen LogP contribution is -2.41. The minimum atomic E-state index is -4.60. The number of alkyl halides is 6. The van der Waals surface area contributed by atoms with Crippen molar-refractivity contribution in [3.8, 4) is 0 Å². The Morgan fingerprint density at radius 1 is 0.525 bits per heavy atom. The highest BCUT2D eigenvalue weighted by molar-refractivity contribution is 6.63. The molecule has 0 atom stereocenters. The normalized spacial score (nSPS) is 21.8. The molecule has 2 aromatic carbocycles. The van der Waals surface area contributed by atoms with Crippen LogP contribution >= 0.6 is 0 Å². The Morgan fingerprint density at radius 2 is 0.800 bits per heavy atom. The summed E-state index contributed by atoms with van der Waals surface area (Å²) in [7, 11) is -1.88. The predicted molar refractivity (Wildman–Crippen MR) is 142 cm³/mol. The molecule has 0 aromatic heterocycles. The fourth-order valence-corrected chi connectivity index (χ4v) is 4.67. The molecule has 2 aliphatic heterocycles. The zero-order valence-corrected chi connectivity index (χ0v) is 23.9. The monoisotopic (exact) mass is 570 g/mol. The molecule has 2 fully saturated rings. The van der Waals surface area contributed by atoms with E-state index in [4.69, 9.17) is 18.6 Å². The summed E-state index contributed by atoms with van der Waals surface area (Å²) in [4.78, 5) is 0. The molecule has 2 aromatic rings. The van der Waals surface area contributed by atoms with Crippen LogP contribution in [0.4, 0.5) is 26.3 Å². The number of hydrogen-bond donors (Lipinski definition) is 0. The first-order chi connectivity index (χ1) is 18.0. The first kappa shape index (κ1) is 30.9. The molecule has 0 N–H and O–H groups in total. The van der Waals surface area contributed by atoms with Crippen molar-refractivity contribution in [2.24, 2.45) is 0 Å². The number of hydrogen-bond acceptors (Lipinski definition) is 4. The van der Waals surface area contributed by atoms with E-state index in [1.54, 1.807) is 0 Å². The van der Waals surface area contributed by atoms with Crippen molar-refractivity contribution in [1.82, 2.24) is 0 Å². The molecule has 0 bridgehead atoms. The molecular formula is C28H34B2F6O4. The second kappa shape index (κ2) is 9.78. The van der Waals surface area contributed by atoms with Crippen molar-refractivity contribution in [2.75, 3.05) is 0 Å². The average Bonchev–Trinajstić information content (AvgIpc) is 3.15. The molecule has 218 valence electrons. The van der Waals surface area contributed by atoms with E-state index in [9.17, 15) is 26.3 Å². The van der Waals surface area contributed by atoms with Crippen LogP contribution in [0.25, 0.3) is 0 Å². The minimum absolute atomic E-state index is 0.00283. The molecule has 2 heterocycles. The van der Waals surface area contributed by atoms with Gasteiger partial charge in [0.2, 0.25) is 0 Å². The highest BCUT2D eigenvalue weighted by Crippen LogP contribution is 2.39. The predicted octanol–water partition coefficient (Wildman–Crippen LogP) is 6.11. The molecule has 2 aliphatic rings. The quantitative estimate of drug-likeness (QED) is 0.322. The second-order valence-electron chi connectivity index (χ2n) is 12.5. The van der Waals surface area contributed by atoms with Gasteiger partial charge in [-0.25, -0.2) is 0 Å². The average molecular weight is 570 g/mol. The van der Waals surface area contributed by atoms with Crippen molar-refractivity contribution < 1.29 is 45.0 Å². The smallest absolute Gasteiger partial charge is 0.399 e. The van der Waals surface area contributed by atoms with E-state index < -0.39 is 60.1 Å². The van der Waals surface area contributed by atoms with Crippen LogP contribution in [0.1, 0.15) is 77.6 Å². The zero-order chi connectivity index (χ0) is 30.1. The number of benzene rings is 2. The van der Waals surface area contributed by atoms with Crippen molar-refractivity contribution in [1.29, 1.82) is 0 Å². The third-order valence-corrected chi connectivity index (χ3v) is 8.62. The fourth-order valence-electron chi connectivity index (χ4n) is 4.67. The Bertz CT molecular complexity index is 1140. The number of rotatable bonds is 5. The fraction of sp³-hybridized carbons (Fsp3) is 0.571. The van der Waals surface area contributed by atoms with E-state index in [-0.39, 0.29) is 24.0 Å². The summed E-state index contributed by atoms with van der Waals surface area (Å²) in [6, 6.07) is 6.60. The molecule has 4 nitrogen and oxygen atoms in total. The summed E-state index contributed by atoms with van der Waals surface area (Å²) in [5.41, 5.74) is -3.32. The van der Waals surface area contributed by atoms with E-state index in [1.807, 2.05) is 55.4 Å². The Hall–Kier alpha value is -2.01. The lowest BCUT2D eigenvalue weighted by Gasteiger charge is -2.32. The van der Waals surface area contributed by atoms with E-state index >= 15 is 0 Å². The molecule has 12 heteroatoms. The molecule has 0 spiro atoms. The Balaban J connectivity index is 1.74. The highest BCUT2D eigenvalue weighted by Gasteiger charge is 2.53. The largest absolute Gasteiger partial charge is 0.495 e. The molecule has 40 heavy (non-hydrogen) atoms. The van der Waals surface area contributed by atoms with Crippen LogP contribution in [0.5, 0.6) is 0 Å². The van der Waals surface area contributed by atoms with Gasteiger partial charge >= 0.3 is 26.6 Å². The molecule has 0 unspecified atom stereocenters. The molecular weight excluding hydrogens is 536 g/mol. The van der Waals surface area contributed by atoms with E-state index in [2.05, 4.69) is 0 Å². The SMILES string of the molecule is CC1(C)OB(c2ccc(C(F)(F)F)cc2CCc2cc(C(F)(F)F)ccc2B2OC(C)(C)C(C)(C)O2)OC1(C)C. The molecule has 0 radical (unpaired) electrons. The summed E-state index contributed by atoms with van der Waals surface area (Å²) in [6.07, 6.45) is -9.21. The summed E-state index contributed by atoms with van der Waals surface area (Å²) in [5, 5.41) is 0. The summed E-state index contributed by atoms with van der Waals surface area (Å²) in [5.74, 6) is 0. The lowest BCUT2D eigenvalue weighted by atomic mass is 9.72. The van der Waals surface area contributed by atoms with Gasteiger partial charge in [-0.2, -0.15) is 26.3 Å². The topological polar surface area (TPSA) is 36.9 Å². The summed E-state index contributed by atoms with van der Waals surface area (Å²) < 4.78 is 106. The Labute approximate surface area is 232 Å². The van der Waals surface area contributed by atoms with Gasteiger partial charge in [-0.3, -0.25) is 0 Å². The maximum atomic E-state index is 13.7. The molecule has 2 saturated heterocycles. The van der Waals surface area contributed by atoms with Gasteiger partial charge in [-0.05, 0) is 102 Å². The number of halogens is 6. The van der Waals surface area contributed by atoms with Crippen LogP contribution in [0, 0.1) is 0 Å². The van der Waals surface area contributed by atoms with Crippen molar-refractivity contribution in [2.45, 2.75) is 103 Å². The minimum Gasteiger partial charge on any atom is -0.399 e. The highest BCUT2D eigenvalue weighted by atomic mass is 19.4. The lowest BCUT2D eigenvalue weighted by molar-refractivity contribution is -0.138. The van der Waals surface area contributed by atoms with Crippen molar-refractivity contribution in [3.05, 3.63) is 58.7 Å². The standard InChI is InChI=1S/C28H34B2F6O4/c1-23(2)24(3,4)38-29(37-23)21-13-11-19(27(31,32)33)15-17(21)9-10-18-16-20(28(34,35)36)12-14-22(18)30-39-25(5,6)26(7,8)40-30/h11-16H,9-10H2,1-8H3. The van der Waals surface area contributed by atoms with Gasteiger partial charge in [0.25, 0.3) is 0 Å². The van der Waals surface area contributed by atoms with Gasteiger partial charge in [0.05, 0.1) is 33.5 Å². The van der Waals surface area contributed by atoms with E-state index in [0.29, 0.717) is 10.9 Å². The van der Waals surface area contributed by atoms with Gasteiger partial charge in [0.15, 0.2) is 0 Å². The van der Waals surface area contributed by atoms with Crippen LogP contribution in [-0.4, -0.2) is 36.6 Å². The van der Waals surface area contributed by atoms with Crippen LogP contribution in [0.15, 0.2) is 36.4 Å². The third-order valence-electron chi connectivity index (χ3n) is 8.62. The molecule has 0 saturated carbocycles. The van der Waals surface area contributed by atoms with Gasteiger partial charge in [0.1, 0.15) is 0 Å². The van der Waals surface area contributed by atoms with Gasteiger partial charge < -0.3 is 18.6 Å². The van der Waals surface area contributed by atoms with Crippen LogP contribution in [0.3, 0.4) is 0 Å². The third kappa shape index (κ3) is 5.82. The summed E-state index contributed by atoms with van der Waals surface area (Å²) in [6.45, 7) is 14.6.